The van der Waals surface area contributed by atoms with E-state index in [1.165, 1.54) is 19.2 Å². The number of ether oxygens (including phenoxy) is 2. The summed E-state index contributed by atoms with van der Waals surface area (Å²) in [7, 11) is 1.24. The first-order valence-electron chi connectivity index (χ1n) is 9.93. The molecule has 1 fully saturated rings. The third-order valence-electron chi connectivity index (χ3n) is 4.80. The lowest BCUT2D eigenvalue weighted by atomic mass is 10.2. The van der Waals surface area contributed by atoms with E-state index in [1.807, 2.05) is 36.4 Å². The van der Waals surface area contributed by atoms with Gasteiger partial charge in [0.25, 0.3) is 11.1 Å². The summed E-state index contributed by atoms with van der Waals surface area (Å²) in [5.74, 6) is -0.0912. The molecule has 0 bridgehead atoms. The summed E-state index contributed by atoms with van der Waals surface area (Å²) in [4.78, 5) is 38.1. The van der Waals surface area contributed by atoms with E-state index in [2.05, 4.69) is 36.6 Å². The number of thioether (sulfide) groups is 1. The SMILES string of the molecule is COC(=O)c1ccc(CN2C(=O)S/C(=C/c3ccc(OCc4ccc(Br)cc4)c(Br)c3)C2=O)o1. The molecule has 0 atom stereocenters. The van der Waals surface area contributed by atoms with Gasteiger partial charge in [-0.1, -0.05) is 34.1 Å². The lowest BCUT2D eigenvalue weighted by molar-refractivity contribution is -0.123. The van der Waals surface area contributed by atoms with Crippen LogP contribution in [0.25, 0.3) is 6.08 Å². The van der Waals surface area contributed by atoms with Crippen molar-refractivity contribution in [1.29, 1.82) is 0 Å². The minimum Gasteiger partial charge on any atom is -0.488 e. The molecular formula is C24H17Br2NO6S. The third kappa shape index (κ3) is 5.63. The monoisotopic (exact) mass is 605 g/mol. The summed E-state index contributed by atoms with van der Waals surface area (Å²) in [6, 6.07) is 16.3. The Morgan fingerprint density at radius 2 is 1.85 bits per heavy atom. The predicted molar refractivity (Wildman–Crippen MR) is 134 cm³/mol. The van der Waals surface area contributed by atoms with Crippen LogP contribution in [-0.4, -0.2) is 29.1 Å². The topological polar surface area (TPSA) is 86.0 Å². The Kier molecular flexibility index (Phi) is 7.60. The van der Waals surface area contributed by atoms with Crippen LogP contribution < -0.4 is 4.74 Å². The second-order valence-electron chi connectivity index (χ2n) is 7.13. The maximum absolute atomic E-state index is 12.8. The smallest absolute Gasteiger partial charge is 0.373 e. The number of nitrogens with zero attached hydrogens (tertiary/aromatic N) is 1. The van der Waals surface area contributed by atoms with Gasteiger partial charge in [0.1, 0.15) is 18.1 Å². The normalized spacial score (nSPS) is 14.7. The van der Waals surface area contributed by atoms with Crippen molar-refractivity contribution in [1.82, 2.24) is 4.90 Å². The fraction of sp³-hybridized carbons (Fsp3) is 0.125. The Morgan fingerprint density at radius 3 is 2.56 bits per heavy atom. The van der Waals surface area contributed by atoms with Crippen LogP contribution in [0, 0.1) is 0 Å². The van der Waals surface area contributed by atoms with E-state index in [4.69, 9.17) is 9.15 Å². The van der Waals surface area contributed by atoms with Crippen molar-refractivity contribution in [2.24, 2.45) is 0 Å². The second kappa shape index (κ2) is 10.6. The first kappa shape index (κ1) is 24.3. The molecular weight excluding hydrogens is 590 g/mol. The van der Waals surface area contributed by atoms with Gasteiger partial charge in [0.2, 0.25) is 5.76 Å². The van der Waals surface area contributed by atoms with Gasteiger partial charge in [-0.2, -0.15) is 0 Å². The van der Waals surface area contributed by atoms with Gasteiger partial charge in [0, 0.05) is 4.47 Å². The first-order chi connectivity index (χ1) is 16.3. The summed E-state index contributed by atoms with van der Waals surface area (Å²) >= 11 is 7.76. The van der Waals surface area contributed by atoms with Gasteiger partial charge in [-0.05, 0) is 81.3 Å². The van der Waals surface area contributed by atoms with Crippen LogP contribution in [0.2, 0.25) is 0 Å². The van der Waals surface area contributed by atoms with Crippen LogP contribution in [0.5, 0.6) is 5.75 Å². The molecule has 1 aliphatic rings. The van der Waals surface area contributed by atoms with Crippen LogP contribution in [-0.2, 0) is 22.7 Å². The van der Waals surface area contributed by atoms with Crippen molar-refractivity contribution in [2.45, 2.75) is 13.2 Å². The largest absolute Gasteiger partial charge is 0.488 e. The quantitative estimate of drug-likeness (QED) is 0.227. The van der Waals surface area contributed by atoms with E-state index in [9.17, 15) is 14.4 Å². The lowest BCUT2D eigenvalue weighted by Gasteiger charge is -2.10. The molecule has 1 saturated heterocycles. The van der Waals surface area contributed by atoms with Crippen LogP contribution in [0.4, 0.5) is 4.79 Å². The molecule has 174 valence electrons. The Balaban J connectivity index is 1.43. The van der Waals surface area contributed by atoms with Crippen LogP contribution in [0.3, 0.4) is 0 Å². The van der Waals surface area contributed by atoms with Crippen molar-refractivity contribution < 1.29 is 28.3 Å². The van der Waals surface area contributed by atoms with Crippen molar-refractivity contribution >= 4 is 66.8 Å². The van der Waals surface area contributed by atoms with Crippen LogP contribution in [0.1, 0.15) is 27.4 Å². The molecule has 0 saturated carbocycles. The van der Waals surface area contributed by atoms with E-state index in [0.717, 1.165) is 36.7 Å². The second-order valence-corrected chi connectivity index (χ2v) is 9.89. The summed E-state index contributed by atoms with van der Waals surface area (Å²) in [5, 5.41) is -0.416. The summed E-state index contributed by atoms with van der Waals surface area (Å²) in [6.45, 7) is 0.333. The molecule has 0 N–H and O–H groups in total. The third-order valence-corrected chi connectivity index (χ3v) is 6.85. The van der Waals surface area contributed by atoms with Gasteiger partial charge in [-0.3, -0.25) is 14.5 Å². The highest BCUT2D eigenvalue weighted by Crippen LogP contribution is 2.35. The maximum Gasteiger partial charge on any atom is 0.373 e. The van der Waals surface area contributed by atoms with Gasteiger partial charge in [0.15, 0.2) is 0 Å². The predicted octanol–water partition coefficient (Wildman–Crippen LogP) is 6.41. The van der Waals surface area contributed by atoms with E-state index >= 15 is 0 Å². The molecule has 34 heavy (non-hydrogen) atoms. The first-order valence-corrected chi connectivity index (χ1v) is 12.3. The van der Waals surface area contributed by atoms with Crippen LogP contribution >= 0.6 is 43.6 Å². The van der Waals surface area contributed by atoms with Crippen molar-refractivity contribution in [3.8, 4) is 5.75 Å². The number of amides is 2. The number of hydrogen-bond donors (Lipinski definition) is 0. The Labute approximate surface area is 216 Å². The highest BCUT2D eigenvalue weighted by molar-refractivity contribution is 9.10. The number of imide groups is 1. The molecule has 10 heteroatoms. The number of methoxy groups -OCH3 is 1. The number of halogens is 2. The zero-order chi connectivity index (χ0) is 24.2. The fourth-order valence-electron chi connectivity index (χ4n) is 3.08. The number of benzene rings is 2. The highest BCUT2D eigenvalue weighted by atomic mass is 79.9. The van der Waals surface area contributed by atoms with Gasteiger partial charge in [-0.25, -0.2) is 4.79 Å². The highest BCUT2D eigenvalue weighted by Gasteiger charge is 2.35. The van der Waals surface area contributed by atoms with Crippen LogP contribution in [0.15, 0.2) is 72.9 Å². The number of esters is 1. The molecule has 0 spiro atoms. The number of rotatable bonds is 7. The average molecular weight is 607 g/mol. The summed E-state index contributed by atoms with van der Waals surface area (Å²) in [5.41, 5.74) is 1.77. The molecule has 1 aromatic heterocycles. The van der Waals surface area contributed by atoms with Crippen molar-refractivity contribution in [2.75, 3.05) is 7.11 Å². The molecule has 7 nitrogen and oxygen atoms in total. The van der Waals surface area contributed by atoms with E-state index in [-0.39, 0.29) is 12.3 Å². The van der Waals surface area contributed by atoms with Crippen molar-refractivity contribution in [3.05, 3.63) is 91.1 Å². The number of carbonyl (C=O) groups is 3. The Morgan fingerprint density at radius 1 is 1.09 bits per heavy atom. The van der Waals surface area contributed by atoms with E-state index < -0.39 is 17.1 Å². The summed E-state index contributed by atoms with van der Waals surface area (Å²) in [6.07, 6.45) is 1.65. The standard InChI is InChI=1S/C24H17Br2NO6S/c1-31-23(29)20-9-7-17(33-20)12-27-22(28)21(34-24(27)30)11-15-4-8-19(18(26)10-15)32-13-14-2-5-16(25)6-3-14/h2-11H,12-13H2,1H3/b21-11+. The van der Waals surface area contributed by atoms with Gasteiger partial charge < -0.3 is 13.9 Å². The summed E-state index contributed by atoms with van der Waals surface area (Å²) < 4.78 is 17.6. The fourth-order valence-corrected chi connectivity index (χ4v) is 4.70. The number of hydrogen-bond acceptors (Lipinski definition) is 7. The van der Waals surface area contributed by atoms with Crippen molar-refractivity contribution in [3.63, 3.8) is 0 Å². The van der Waals surface area contributed by atoms with Gasteiger partial charge >= 0.3 is 5.97 Å². The van der Waals surface area contributed by atoms with E-state index in [1.54, 1.807) is 12.1 Å². The number of furan rings is 1. The molecule has 0 aliphatic carbocycles. The molecule has 1 aliphatic heterocycles. The molecule has 2 amide bonds. The Hall–Kier alpha value is -2.82. The van der Waals surface area contributed by atoms with Gasteiger partial charge in [0.05, 0.1) is 23.0 Å². The molecule has 2 aromatic carbocycles. The molecule has 0 unspecified atom stereocenters. The van der Waals surface area contributed by atoms with Gasteiger partial charge in [-0.15, -0.1) is 0 Å². The zero-order valence-electron chi connectivity index (χ0n) is 17.7. The molecule has 4 rings (SSSR count). The lowest BCUT2D eigenvalue weighted by Crippen LogP contribution is -2.27. The maximum atomic E-state index is 12.8. The molecule has 3 aromatic rings. The minimum absolute atomic E-state index is 0.00677. The minimum atomic E-state index is -0.630. The number of carbonyl (C=O) groups excluding carboxylic acids is 3. The molecule has 2 heterocycles. The van der Waals surface area contributed by atoms with E-state index in [0.29, 0.717) is 23.0 Å². The zero-order valence-corrected chi connectivity index (χ0v) is 21.7. The average Bonchev–Trinajstić information content (AvgIpc) is 3.39. The molecule has 0 radical (unpaired) electrons. The Bertz CT molecular complexity index is 1280.